The van der Waals surface area contributed by atoms with Crippen molar-refractivity contribution in [3.05, 3.63) is 65.2 Å². The molecule has 0 saturated heterocycles. The number of hydrogen-bond donors (Lipinski definition) is 1. The van der Waals surface area contributed by atoms with Crippen LogP contribution in [0.3, 0.4) is 0 Å². The minimum atomic E-state index is 0.271. The monoisotopic (exact) mass is 225 g/mol. The van der Waals surface area contributed by atoms with E-state index in [1.807, 2.05) is 49.4 Å². The van der Waals surface area contributed by atoms with Crippen LogP contribution in [-0.4, -0.2) is 11.3 Å². The van der Waals surface area contributed by atoms with Crippen molar-refractivity contribution >= 4 is 6.21 Å². The van der Waals surface area contributed by atoms with Gasteiger partial charge >= 0.3 is 0 Å². The lowest BCUT2D eigenvalue weighted by Crippen LogP contribution is -1.86. The maximum Gasteiger partial charge on any atom is 0.124 e. The number of hydrogen-bond acceptors (Lipinski definition) is 2. The number of nitrogens with zero attached hydrogens (tertiary/aromatic N) is 1. The Morgan fingerprint density at radius 3 is 2.65 bits per heavy atom. The number of aliphatic imine (C=N–C) groups is 1. The first-order valence-electron chi connectivity index (χ1n) is 5.59. The molecule has 0 bridgehead atoms. The first-order valence-corrected chi connectivity index (χ1v) is 5.59. The van der Waals surface area contributed by atoms with E-state index in [1.54, 1.807) is 12.3 Å². The number of rotatable bonds is 3. The molecule has 1 N–H and O–H groups in total. The van der Waals surface area contributed by atoms with Crippen LogP contribution in [0.1, 0.15) is 16.7 Å². The second-order valence-electron chi connectivity index (χ2n) is 4.02. The van der Waals surface area contributed by atoms with E-state index in [9.17, 15) is 5.11 Å². The van der Waals surface area contributed by atoms with Crippen LogP contribution in [0.5, 0.6) is 5.75 Å². The molecule has 0 unspecified atom stereocenters. The second kappa shape index (κ2) is 5.30. The Morgan fingerprint density at radius 2 is 1.88 bits per heavy atom. The minimum absolute atomic E-state index is 0.271. The van der Waals surface area contributed by atoms with Crippen LogP contribution >= 0.6 is 0 Å². The highest BCUT2D eigenvalue weighted by molar-refractivity contribution is 5.83. The molecule has 2 aromatic rings. The SMILES string of the molecule is Cc1ccc(O)c(C=NCc2ccccc2)c1. The van der Waals surface area contributed by atoms with Crippen molar-refractivity contribution in [2.75, 3.05) is 0 Å². The summed E-state index contributed by atoms with van der Waals surface area (Å²) >= 11 is 0. The maximum absolute atomic E-state index is 9.64. The molecule has 2 rings (SSSR count). The van der Waals surface area contributed by atoms with Crippen molar-refractivity contribution in [3.63, 3.8) is 0 Å². The highest BCUT2D eigenvalue weighted by Crippen LogP contribution is 2.16. The highest BCUT2D eigenvalue weighted by atomic mass is 16.3. The lowest BCUT2D eigenvalue weighted by Gasteiger charge is -2.00. The van der Waals surface area contributed by atoms with E-state index in [0.29, 0.717) is 6.54 Å². The van der Waals surface area contributed by atoms with Crippen molar-refractivity contribution in [1.29, 1.82) is 0 Å². The molecule has 0 heterocycles. The summed E-state index contributed by atoms with van der Waals surface area (Å²) in [5, 5.41) is 9.64. The molecule has 0 aromatic heterocycles. The molecular formula is C15H15NO. The Hall–Kier alpha value is -2.09. The highest BCUT2D eigenvalue weighted by Gasteiger charge is 1.97. The van der Waals surface area contributed by atoms with Crippen LogP contribution in [0.4, 0.5) is 0 Å². The van der Waals surface area contributed by atoms with E-state index in [1.165, 1.54) is 0 Å². The first kappa shape index (κ1) is 11.4. The molecule has 0 amide bonds. The molecule has 0 fully saturated rings. The summed E-state index contributed by atoms with van der Waals surface area (Å²) in [7, 11) is 0. The molecule has 86 valence electrons. The Bertz CT molecular complexity index is 518. The van der Waals surface area contributed by atoms with Gasteiger partial charge in [-0.15, -0.1) is 0 Å². The largest absolute Gasteiger partial charge is 0.507 e. The quantitative estimate of drug-likeness (QED) is 0.798. The van der Waals surface area contributed by atoms with Crippen LogP contribution in [0.2, 0.25) is 0 Å². The summed E-state index contributed by atoms with van der Waals surface area (Å²) in [4.78, 5) is 4.33. The van der Waals surface area contributed by atoms with Crippen molar-refractivity contribution in [3.8, 4) is 5.75 Å². The van der Waals surface area contributed by atoms with E-state index in [0.717, 1.165) is 16.7 Å². The van der Waals surface area contributed by atoms with Gasteiger partial charge in [-0.05, 0) is 24.6 Å². The van der Waals surface area contributed by atoms with Gasteiger partial charge in [0.15, 0.2) is 0 Å². The predicted molar refractivity (Wildman–Crippen MR) is 70.6 cm³/mol. The third-order valence-corrected chi connectivity index (χ3v) is 2.53. The third-order valence-electron chi connectivity index (χ3n) is 2.53. The van der Waals surface area contributed by atoms with Gasteiger partial charge in [0, 0.05) is 11.8 Å². The molecule has 0 aliphatic heterocycles. The summed E-state index contributed by atoms with van der Waals surface area (Å²) in [6, 6.07) is 15.5. The number of benzene rings is 2. The Kier molecular flexibility index (Phi) is 3.55. The summed E-state index contributed by atoms with van der Waals surface area (Å²) in [5.41, 5.74) is 3.04. The smallest absolute Gasteiger partial charge is 0.124 e. The van der Waals surface area contributed by atoms with E-state index < -0.39 is 0 Å². The van der Waals surface area contributed by atoms with Gasteiger partial charge in [-0.1, -0.05) is 42.0 Å². The normalized spacial score (nSPS) is 10.9. The summed E-state index contributed by atoms with van der Waals surface area (Å²) < 4.78 is 0. The molecule has 0 spiro atoms. The van der Waals surface area contributed by atoms with Crippen LogP contribution in [-0.2, 0) is 6.54 Å². The Labute approximate surface area is 101 Å². The fraction of sp³-hybridized carbons (Fsp3) is 0.133. The zero-order chi connectivity index (χ0) is 12.1. The second-order valence-corrected chi connectivity index (χ2v) is 4.02. The molecular weight excluding hydrogens is 210 g/mol. The fourth-order valence-electron chi connectivity index (χ4n) is 1.61. The van der Waals surface area contributed by atoms with Crippen molar-refractivity contribution in [1.82, 2.24) is 0 Å². The number of phenols is 1. The molecule has 0 saturated carbocycles. The molecule has 2 heteroatoms. The van der Waals surface area contributed by atoms with Gasteiger partial charge in [-0.2, -0.15) is 0 Å². The fourth-order valence-corrected chi connectivity index (χ4v) is 1.61. The van der Waals surface area contributed by atoms with Gasteiger partial charge in [0.2, 0.25) is 0 Å². The van der Waals surface area contributed by atoms with Crippen LogP contribution in [0.25, 0.3) is 0 Å². The lowest BCUT2D eigenvalue weighted by molar-refractivity contribution is 0.474. The average Bonchev–Trinajstić information content (AvgIpc) is 2.35. The van der Waals surface area contributed by atoms with Crippen molar-refractivity contribution in [2.45, 2.75) is 13.5 Å². The molecule has 2 aromatic carbocycles. The topological polar surface area (TPSA) is 32.6 Å². The van der Waals surface area contributed by atoms with Crippen molar-refractivity contribution < 1.29 is 5.11 Å². The molecule has 0 radical (unpaired) electrons. The molecule has 0 aliphatic rings. The standard InChI is InChI=1S/C15H15NO/c1-12-7-8-15(17)14(9-12)11-16-10-13-5-3-2-4-6-13/h2-9,11,17H,10H2,1H3. The van der Waals surface area contributed by atoms with E-state index in [-0.39, 0.29) is 5.75 Å². The van der Waals surface area contributed by atoms with Crippen LogP contribution in [0.15, 0.2) is 53.5 Å². The van der Waals surface area contributed by atoms with E-state index in [2.05, 4.69) is 4.99 Å². The summed E-state index contributed by atoms with van der Waals surface area (Å²) in [6.07, 6.45) is 1.72. The van der Waals surface area contributed by atoms with Gasteiger partial charge < -0.3 is 5.11 Å². The zero-order valence-electron chi connectivity index (χ0n) is 9.80. The van der Waals surface area contributed by atoms with E-state index >= 15 is 0 Å². The van der Waals surface area contributed by atoms with Gasteiger partial charge in [0.25, 0.3) is 0 Å². The van der Waals surface area contributed by atoms with Gasteiger partial charge in [0.1, 0.15) is 5.75 Å². The van der Waals surface area contributed by atoms with Crippen LogP contribution < -0.4 is 0 Å². The number of phenolic OH excluding ortho intramolecular Hbond substituents is 1. The Morgan fingerprint density at radius 1 is 1.12 bits per heavy atom. The van der Waals surface area contributed by atoms with Crippen molar-refractivity contribution in [2.24, 2.45) is 4.99 Å². The Balaban J connectivity index is 2.08. The molecule has 2 nitrogen and oxygen atoms in total. The molecule has 17 heavy (non-hydrogen) atoms. The summed E-state index contributed by atoms with van der Waals surface area (Å²) in [6.45, 7) is 2.63. The molecule has 0 atom stereocenters. The third kappa shape index (κ3) is 3.18. The predicted octanol–water partition coefficient (Wildman–Crippen LogP) is 3.32. The molecule has 0 aliphatic carbocycles. The summed E-state index contributed by atoms with van der Waals surface area (Å²) in [5.74, 6) is 0.271. The van der Waals surface area contributed by atoms with Gasteiger partial charge in [-0.3, -0.25) is 4.99 Å². The van der Waals surface area contributed by atoms with Gasteiger partial charge in [0.05, 0.1) is 6.54 Å². The minimum Gasteiger partial charge on any atom is -0.507 e. The number of aryl methyl sites for hydroxylation is 1. The van der Waals surface area contributed by atoms with E-state index in [4.69, 9.17) is 0 Å². The van der Waals surface area contributed by atoms with Crippen LogP contribution in [0, 0.1) is 6.92 Å². The maximum atomic E-state index is 9.64. The first-order chi connectivity index (χ1) is 8.25. The number of aromatic hydroxyl groups is 1. The van der Waals surface area contributed by atoms with Gasteiger partial charge in [-0.25, -0.2) is 0 Å². The zero-order valence-corrected chi connectivity index (χ0v) is 9.80. The lowest BCUT2D eigenvalue weighted by atomic mass is 10.1. The average molecular weight is 225 g/mol.